The third-order valence-electron chi connectivity index (χ3n) is 4.39. The first-order valence-corrected chi connectivity index (χ1v) is 10.0. The standard InChI is InChI=1S/C22H19ClN2OS/c1-15-3-12-20-21(13-15)25(18-8-10-19(26-2)11-9-18)22(24-20)27-14-16-4-6-17(23)7-5-16/h3-13H,14H2,1-2H3. The molecule has 0 saturated heterocycles. The zero-order valence-electron chi connectivity index (χ0n) is 15.1. The molecule has 27 heavy (non-hydrogen) atoms. The maximum absolute atomic E-state index is 5.99. The van der Waals surface area contributed by atoms with Crippen molar-refractivity contribution in [3.8, 4) is 11.4 Å². The minimum atomic E-state index is 0.754. The topological polar surface area (TPSA) is 27.1 Å². The van der Waals surface area contributed by atoms with Crippen LogP contribution in [0.4, 0.5) is 0 Å². The van der Waals surface area contributed by atoms with E-state index in [0.717, 1.165) is 38.4 Å². The van der Waals surface area contributed by atoms with Crippen LogP contribution in [0.25, 0.3) is 16.7 Å². The summed E-state index contributed by atoms with van der Waals surface area (Å²) in [6.07, 6.45) is 0. The van der Waals surface area contributed by atoms with E-state index in [4.69, 9.17) is 21.3 Å². The Hall–Kier alpha value is -2.43. The maximum Gasteiger partial charge on any atom is 0.174 e. The molecule has 0 unspecified atom stereocenters. The maximum atomic E-state index is 5.99. The first-order chi connectivity index (χ1) is 13.1. The van der Waals surface area contributed by atoms with E-state index < -0.39 is 0 Å². The number of halogens is 1. The average Bonchev–Trinajstić information content (AvgIpc) is 3.05. The van der Waals surface area contributed by atoms with Crippen molar-refractivity contribution in [3.63, 3.8) is 0 Å². The van der Waals surface area contributed by atoms with E-state index in [1.165, 1.54) is 11.1 Å². The molecular weight excluding hydrogens is 376 g/mol. The Morgan fingerprint density at radius 1 is 1.00 bits per heavy atom. The van der Waals surface area contributed by atoms with Gasteiger partial charge in [-0.15, -0.1) is 0 Å². The van der Waals surface area contributed by atoms with E-state index in [9.17, 15) is 0 Å². The number of benzene rings is 3. The fraction of sp³-hybridized carbons (Fsp3) is 0.136. The van der Waals surface area contributed by atoms with Crippen LogP contribution in [0.15, 0.2) is 71.9 Å². The highest BCUT2D eigenvalue weighted by Gasteiger charge is 2.13. The third-order valence-corrected chi connectivity index (χ3v) is 5.65. The molecule has 1 heterocycles. The summed E-state index contributed by atoms with van der Waals surface area (Å²) in [4.78, 5) is 4.87. The lowest BCUT2D eigenvalue weighted by molar-refractivity contribution is 0.414. The van der Waals surface area contributed by atoms with Crippen LogP contribution >= 0.6 is 23.4 Å². The minimum absolute atomic E-state index is 0.754. The fourth-order valence-corrected chi connectivity index (χ4v) is 4.08. The highest BCUT2D eigenvalue weighted by molar-refractivity contribution is 7.98. The lowest BCUT2D eigenvalue weighted by atomic mass is 10.2. The molecule has 0 saturated carbocycles. The van der Waals surface area contributed by atoms with Crippen LogP contribution in [-0.2, 0) is 5.75 Å². The van der Waals surface area contributed by atoms with Crippen LogP contribution in [0.2, 0.25) is 5.02 Å². The molecule has 1 aromatic heterocycles. The summed E-state index contributed by atoms with van der Waals surface area (Å²) in [5, 5.41) is 1.72. The molecule has 5 heteroatoms. The van der Waals surface area contributed by atoms with E-state index in [1.807, 2.05) is 24.3 Å². The number of rotatable bonds is 5. The Bertz CT molecular complexity index is 1070. The summed E-state index contributed by atoms with van der Waals surface area (Å²) in [5.41, 5.74) is 5.61. The number of hydrogen-bond acceptors (Lipinski definition) is 3. The molecule has 4 rings (SSSR count). The first-order valence-electron chi connectivity index (χ1n) is 8.65. The van der Waals surface area contributed by atoms with Crippen molar-refractivity contribution in [3.05, 3.63) is 82.9 Å². The van der Waals surface area contributed by atoms with Crippen LogP contribution in [0.5, 0.6) is 5.75 Å². The first kappa shape index (κ1) is 18.0. The monoisotopic (exact) mass is 394 g/mol. The fourth-order valence-electron chi connectivity index (χ4n) is 2.97. The summed E-state index contributed by atoms with van der Waals surface area (Å²) in [7, 11) is 1.68. The summed E-state index contributed by atoms with van der Waals surface area (Å²) in [6.45, 7) is 2.10. The molecule has 0 aliphatic heterocycles. The minimum Gasteiger partial charge on any atom is -0.497 e. The van der Waals surface area contributed by atoms with Gasteiger partial charge in [-0.05, 0) is 66.6 Å². The molecule has 0 N–H and O–H groups in total. The summed E-state index contributed by atoms with van der Waals surface area (Å²) in [6, 6.07) is 22.4. The average molecular weight is 395 g/mol. The molecule has 3 aromatic carbocycles. The molecule has 0 fully saturated rings. The van der Waals surface area contributed by atoms with Gasteiger partial charge >= 0.3 is 0 Å². The highest BCUT2D eigenvalue weighted by atomic mass is 35.5. The Morgan fingerprint density at radius 3 is 2.44 bits per heavy atom. The van der Waals surface area contributed by atoms with Crippen molar-refractivity contribution >= 4 is 34.4 Å². The number of aromatic nitrogens is 2. The van der Waals surface area contributed by atoms with Crippen LogP contribution in [0.1, 0.15) is 11.1 Å². The van der Waals surface area contributed by atoms with Crippen LogP contribution < -0.4 is 4.74 Å². The predicted octanol–water partition coefficient (Wildman–Crippen LogP) is 6.29. The summed E-state index contributed by atoms with van der Waals surface area (Å²) < 4.78 is 7.51. The van der Waals surface area contributed by atoms with E-state index in [2.05, 4.69) is 54.0 Å². The molecular formula is C22H19ClN2OS. The second kappa shape index (κ2) is 7.67. The Kier molecular flexibility index (Phi) is 5.10. The Balaban J connectivity index is 1.75. The van der Waals surface area contributed by atoms with Crippen molar-refractivity contribution in [2.45, 2.75) is 17.8 Å². The molecule has 0 atom stereocenters. The van der Waals surface area contributed by atoms with Crippen molar-refractivity contribution in [2.75, 3.05) is 7.11 Å². The number of ether oxygens (including phenoxy) is 1. The van der Waals surface area contributed by atoms with Gasteiger partial charge in [-0.2, -0.15) is 0 Å². The zero-order valence-corrected chi connectivity index (χ0v) is 16.7. The smallest absolute Gasteiger partial charge is 0.174 e. The van der Waals surface area contributed by atoms with E-state index in [0.29, 0.717) is 0 Å². The molecule has 0 amide bonds. The van der Waals surface area contributed by atoms with E-state index in [-0.39, 0.29) is 0 Å². The number of thioether (sulfide) groups is 1. The van der Waals surface area contributed by atoms with Crippen LogP contribution in [0.3, 0.4) is 0 Å². The number of hydrogen-bond donors (Lipinski definition) is 0. The molecule has 0 spiro atoms. The van der Waals surface area contributed by atoms with Gasteiger partial charge in [-0.1, -0.05) is 41.6 Å². The van der Waals surface area contributed by atoms with E-state index >= 15 is 0 Å². The lowest BCUT2D eigenvalue weighted by Crippen LogP contribution is -1.97. The van der Waals surface area contributed by atoms with E-state index in [1.54, 1.807) is 18.9 Å². The second-order valence-electron chi connectivity index (χ2n) is 6.34. The van der Waals surface area contributed by atoms with Gasteiger partial charge in [0.1, 0.15) is 5.75 Å². The molecule has 0 aliphatic rings. The van der Waals surface area contributed by atoms with Gasteiger partial charge in [-0.3, -0.25) is 4.57 Å². The molecule has 0 aliphatic carbocycles. The molecule has 0 bridgehead atoms. The van der Waals surface area contributed by atoms with Gasteiger partial charge in [0.05, 0.1) is 18.1 Å². The van der Waals surface area contributed by atoms with Crippen LogP contribution in [-0.4, -0.2) is 16.7 Å². The molecule has 3 nitrogen and oxygen atoms in total. The second-order valence-corrected chi connectivity index (χ2v) is 7.71. The van der Waals surface area contributed by atoms with Gasteiger partial charge in [0, 0.05) is 16.5 Å². The highest BCUT2D eigenvalue weighted by Crippen LogP contribution is 2.31. The largest absolute Gasteiger partial charge is 0.497 e. The Morgan fingerprint density at radius 2 is 1.74 bits per heavy atom. The SMILES string of the molecule is COc1ccc(-n2c(SCc3ccc(Cl)cc3)nc3ccc(C)cc32)cc1. The van der Waals surface area contributed by atoms with Gasteiger partial charge in [0.25, 0.3) is 0 Å². The summed E-state index contributed by atoms with van der Waals surface area (Å²) >= 11 is 7.71. The van der Waals surface area contributed by atoms with Crippen molar-refractivity contribution < 1.29 is 4.74 Å². The molecule has 136 valence electrons. The van der Waals surface area contributed by atoms with Crippen LogP contribution in [0, 0.1) is 6.92 Å². The van der Waals surface area contributed by atoms with Gasteiger partial charge in [-0.25, -0.2) is 4.98 Å². The van der Waals surface area contributed by atoms with Gasteiger partial charge < -0.3 is 4.74 Å². The number of aryl methyl sites for hydroxylation is 1. The van der Waals surface area contributed by atoms with Gasteiger partial charge in [0.15, 0.2) is 5.16 Å². The normalized spacial score (nSPS) is 11.1. The lowest BCUT2D eigenvalue weighted by Gasteiger charge is -2.10. The van der Waals surface area contributed by atoms with Crippen molar-refractivity contribution in [1.82, 2.24) is 9.55 Å². The zero-order chi connectivity index (χ0) is 18.8. The number of nitrogens with zero attached hydrogens (tertiary/aromatic N) is 2. The predicted molar refractivity (Wildman–Crippen MR) is 113 cm³/mol. The van der Waals surface area contributed by atoms with Crippen molar-refractivity contribution in [2.24, 2.45) is 0 Å². The number of imidazole rings is 1. The molecule has 0 radical (unpaired) electrons. The molecule has 4 aromatic rings. The third kappa shape index (κ3) is 3.82. The van der Waals surface area contributed by atoms with Crippen molar-refractivity contribution in [1.29, 1.82) is 0 Å². The Labute approximate surface area is 168 Å². The summed E-state index contributed by atoms with van der Waals surface area (Å²) in [5.74, 6) is 1.67. The quantitative estimate of drug-likeness (QED) is 0.372. The van der Waals surface area contributed by atoms with Gasteiger partial charge in [0.2, 0.25) is 0 Å². The number of methoxy groups -OCH3 is 1. The number of fused-ring (bicyclic) bond motifs is 1.